The molecular weight excluding hydrogens is 282 g/mol. The lowest BCUT2D eigenvalue weighted by Gasteiger charge is -2.14. The molecule has 2 aromatic rings. The maximum absolute atomic E-state index is 6.18. The van der Waals surface area contributed by atoms with Crippen LogP contribution in [0.15, 0.2) is 28.8 Å². The summed E-state index contributed by atoms with van der Waals surface area (Å²) < 4.78 is 5.46. The normalized spacial score (nSPS) is 12.2. The Bertz CT molecular complexity index is 612. The summed E-state index contributed by atoms with van der Waals surface area (Å²) in [5, 5.41) is 3.79. The predicted molar refractivity (Wildman–Crippen MR) is 80.6 cm³/mol. The molecule has 6 heteroatoms. The average Bonchev–Trinajstić information content (AvgIpc) is 2.78. The first kappa shape index (κ1) is 13.8. The van der Waals surface area contributed by atoms with Crippen molar-refractivity contribution in [1.29, 1.82) is 0 Å². The van der Waals surface area contributed by atoms with Crippen molar-refractivity contribution in [3.63, 3.8) is 0 Å². The van der Waals surface area contributed by atoms with Gasteiger partial charge in [0.1, 0.15) is 16.8 Å². The van der Waals surface area contributed by atoms with Crippen molar-refractivity contribution in [2.75, 3.05) is 5.32 Å². The summed E-state index contributed by atoms with van der Waals surface area (Å²) in [5.41, 5.74) is 7.08. The minimum Gasteiger partial charge on any atom is -0.444 e. The lowest BCUT2D eigenvalue weighted by Crippen LogP contribution is -2.11. The van der Waals surface area contributed by atoms with Crippen LogP contribution in [0.2, 0.25) is 5.02 Å². The van der Waals surface area contributed by atoms with E-state index in [0.29, 0.717) is 15.9 Å². The molecule has 1 unspecified atom stereocenters. The third-order valence-corrected chi connectivity index (χ3v) is 3.18. The minimum atomic E-state index is -0.0816. The van der Waals surface area contributed by atoms with Crippen LogP contribution in [-0.4, -0.2) is 9.97 Å². The number of thiocarbonyl (C=S) groups is 1. The fourth-order valence-electron chi connectivity index (χ4n) is 1.65. The highest BCUT2D eigenvalue weighted by Crippen LogP contribution is 2.27. The first-order chi connectivity index (χ1) is 8.97. The van der Waals surface area contributed by atoms with Crippen LogP contribution < -0.4 is 11.1 Å². The number of hydrogen-bond donors (Lipinski definition) is 2. The van der Waals surface area contributed by atoms with Crippen LogP contribution in [0.4, 0.5) is 5.69 Å². The van der Waals surface area contributed by atoms with Crippen molar-refractivity contribution in [2.24, 2.45) is 5.73 Å². The maximum atomic E-state index is 6.18. The van der Waals surface area contributed by atoms with Gasteiger partial charge in [-0.1, -0.05) is 23.8 Å². The van der Waals surface area contributed by atoms with Crippen LogP contribution in [0.1, 0.15) is 30.2 Å². The number of oxazole rings is 1. The molecule has 0 fully saturated rings. The first-order valence-corrected chi connectivity index (χ1v) is 6.54. The summed E-state index contributed by atoms with van der Waals surface area (Å²) >= 11 is 11.1. The zero-order chi connectivity index (χ0) is 14.0. The second-order valence-electron chi connectivity index (χ2n) is 4.23. The third-order valence-electron chi connectivity index (χ3n) is 2.64. The molecule has 1 heterocycles. The van der Waals surface area contributed by atoms with E-state index in [1.807, 2.05) is 26.0 Å². The van der Waals surface area contributed by atoms with Gasteiger partial charge in [0, 0.05) is 5.56 Å². The zero-order valence-electron chi connectivity index (χ0n) is 10.6. The number of nitrogens with two attached hydrogens (primary N) is 1. The molecule has 0 amide bonds. The molecule has 19 heavy (non-hydrogen) atoms. The van der Waals surface area contributed by atoms with Gasteiger partial charge in [-0.25, -0.2) is 4.98 Å². The number of rotatable bonds is 4. The Morgan fingerprint density at radius 3 is 2.79 bits per heavy atom. The number of anilines is 1. The minimum absolute atomic E-state index is 0.0816. The third kappa shape index (κ3) is 3.24. The number of aromatic nitrogens is 1. The van der Waals surface area contributed by atoms with E-state index in [2.05, 4.69) is 10.3 Å². The van der Waals surface area contributed by atoms with Crippen LogP contribution >= 0.6 is 23.8 Å². The summed E-state index contributed by atoms with van der Waals surface area (Å²) in [7, 11) is 0. The molecule has 0 aliphatic carbocycles. The Hall–Kier alpha value is -1.59. The van der Waals surface area contributed by atoms with Crippen LogP contribution in [0.3, 0.4) is 0 Å². The molecule has 0 spiro atoms. The van der Waals surface area contributed by atoms with Gasteiger partial charge in [0.2, 0.25) is 5.89 Å². The second-order valence-corrected chi connectivity index (χ2v) is 5.08. The zero-order valence-corrected chi connectivity index (χ0v) is 12.2. The summed E-state index contributed by atoms with van der Waals surface area (Å²) in [5.74, 6) is 1.39. The number of halogens is 1. The van der Waals surface area contributed by atoms with E-state index >= 15 is 0 Å². The molecule has 1 aromatic heterocycles. The lowest BCUT2D eigenvalue weighted by atomic mass is 10.2. The number of nitrogens with zero attached hydrogens (tertiary/aromatic N) is 1. The highest BCUT2D eigenvalue weighted by atomic mass is 35.5. The highest BCUT2D eigenvalue weighted by Gasteiger charge is 2.13. The number of nitrogens with one attached hydrogen (secondary N) is 1. The molecule has 2 rings (SSSR count). The van der Waals surface area contributed by atoms with E-state index in [-0.39, 0.29) is 6.04 Å². The molecule has 0 bridgehead atoms. The SMILES string of the molecule is Cc1cnc(C(C)Nc2ccc(C(N)=S)cc2Cl)o1. The van der Waals surface area contributed by atoms with Gasteiger partial charge in [0.25, 0.3) is 0 Å². The Morgan fingerprint density at radius 2 is 2.26 bits per heavy atom. The topological polar surface area (TPSA) is 64.1 Å². The van der Waals surface area contributed by atoms with E-state index in [1.165, 1.54) is 0 Å². The summed E-state index contributed by atoms with van der Waals surface area (Å²) in [4.78, 5) is 4.50. The van der Waals surface area contributed by atoms with Gasteiger partial charge in [-0.05, 0) is 32.0 Å². The first-order valence-electron chi connectivity index (χ1n) is 5.75. The van der Waals surface area contributed by atoms with E-state index in [9.17, 15) is 0 Å². The van der Waals surface area contributed by atoms with Gasteiger partial charge < -0.3 is 15.5 Å². The Balaban J connectivity index is 2.17. The van der Waals surface area contributed by atoms with E-state index in [0.717, 1.165) is 17.0 Å². The molecule has 4 nitrogen and oxygen atoms in total. The molecule has 0 saturated heterocycles. The molecule has 100 valence electrons. The largest absolute Gasteiger partial charge is 0.444 e. The summed E-state index contributed by atoms with van der Waals surface area (Å²) in [6, 6.07) is 5.31. The van der Waals surface area contributed by atoms with Crippen molar-refractivity contribution in [2.45, 2.75) is 19.9 Å². The smallest absolute Gasteiger partial charge is 0.216 e. The average molecular weight is 296 g/mol. The lowest BCUT2D eigenvalue weighted by molar-refractivity contribution is 0.454. The second kappa shape index (κ2) is 5.59. The van der Waals surface area contributed by atoms with Crippen molar-refractivity contribution < 1.29 is 4.42 Å². The molecule has 1 atom stereocenters. The summed E-state index contributed by atoms with van der Waals surface area (Å²) in [6.07, 6.45) is 1.69. The highest BCUT2D eigenvalue weighted by molar-refractivity contribution is 7.80. The van der Waals surface area contributed by atoms with Gasteiger partial charge in [0.15, 0.2) is 0 Å². The van der Waals surface area contributed by atoms with Crippen LogP contribution in [-0.2, 0) is 0 Å². The van der Waals surface area contributed by atoms with Crippen LogP contribution in [0.5, 0.6) is 0 Å². The van der Waals surface area contributed by atoms with Gasteiger partial charge in [-0.3, -0.25) is 0 Å². The Labute approximate surface area is 122 Å². The number of aryl methyl sites for hydroxylation is 1. The van der Waals surface area contributed by atoms with Gasteiger partial charge in [-0.2, -0.15) is 0 Å². The Kier molecular flexibility index (Phi) is 4.07. The number of hydrogen-bond acceptors (Lipinski definition) is 4. The fraction of sp³-hybridized carbons (Fsp3) is 0.231. The van der Waals surface area contributed by atoms with Gasteiger partial charge in [-0.15, -0.1) is 0 Å². The van der Waals surface area contributed by atoms with Crippen molar-refractivity contribution in [3.8, 4) is 0 Å². The molecule has 0 radical (unpaired) electrons. The molecule has 0 aliphatic rings. The molecular formula is C13H14ClN3OS. The number of benzene rings is 1. The Morgan fingerprint density at radius 1 is 1.53 bits per heavy atom. The molecule has 0 saturated carbocycles. The molecule has 1 aromatic carbocycles. The van der Waals surface area contributed by atoms with Crippen molar-refractivity contribution in [1.82, 2.24) is 4.98 Å². The van der Waals surface area contributed by atoms with Gasteiger partial charge >= 0.3 is 0 Å². The standard InChI is InChI=1S/C13H14ClN3OS/c1-7-6-16-13(18-7)8(2)17-11-4-3-9(12(15)19)5-10(11)14/h3-6,8,17H,1-2H3,(H2,15,19). The van der Waals surface area contributed by atoms with Crippen LogP contribution in [0.25, 0.3) is 0 Å². The van der Waals surface area contributed by atoms with Gasteiger partial charge in [0.05, 0.1) is 16.9 Å². The van der Waals surface area contributed by atoms with Crippen molar-refractivity contribution >= 4 is 34.5 Å². The predicted octanol–water partition coefficient (Wildman–Crippen LogP) is 3.44. The fourth-order valence-corrected chi connectivity index (χ4v) is 2.01. The van der Waals surface area contributed by atoms with E-state index in [4.69, 9.17) is 34.0 Å². The van der Waals surface area contributed by atoms with E-state index in [1.54, 1.807) is 12.3 Å². The molecule has 3 N–H and O–H groups in total. The van der Waals surface area contributed by atoms with Crippen molar-refractivity contribution in [3.05, 3.63) is 46.6 Å². The van der Waals surface area contributed by atoms with E-state index < -0.39 is 0 Å². The molecule has 0 aliphatic heterocycles. The maximum Gasteiger partial charge on any atom is 0.216 e. The monoisotopic (exact) mass is 295 g/mol. The quantitative estimate of drug-likeness (QED) is 0.846. The summed E-state index contributed by atoms with van der Waals surface area (Å²) in [6.45, 7) is 3.80. The van der Waals surface area contributed by atoms with Crippen LogP contribution in [0, 0.1) is 6.92 Å².